The minimum Gasteiger partial charge on any atom is -0.446 e. The second-order valence-electron chi connectivity index (χ2n) is 5.23. The first-order valence-corrected chi connectivity index (χ1v) is 8.62. The topological polar surface area (TPSA) is 163 Å². The fraction of sp³-hybridized carbons (Fsp3) is 0.846. The van der Waals surface area contributed by atoms with Gasteiger partial charge in [0.25, 0.3) is 0 Å². The van der Waals surface area contributed by atoms with Gasteiger partial charge in [0, 0.05) is 18.7 Å². The van der Waals surface area contributed by atoms with Gasteiger partial charge >= 0.3 is 6.09 Å². The van der Waals surface area contributed by atoms with E-state index in [1.807, 2.05) is 6.92 Å². The van der Waals surface area contributed by atoms with Crippen molar-refractivity contribution in [3.63, 3.8) is 0 Å². The summed E-state index contributed by atoms with van der Waals surface area (Å²) in [7, 11) is 0. The zero-order chi connectivity index (χ0) is 18.1. The standard InChI is InChI=1S/C13H25N3O7S/c1-2-3-8(17)15-9-11(19)10(18)7(23-12(9)20)6-22-13(21)16-24-5-4-14/h7,9-12,18-20H,2-6,14H2,1H3,(H,15,17)(H,16,21)/t7-,9-,10-,11-,12?/m1/s1. The van der Waals surface area contributed by atoms with Crippen LogP contribution in [0.1, 0.15) is 19.8 Å². The van der Waals surface area contributed by atoms with Crippen molar-refractivity contribution in [3.05, 3.63) is 0 Å². The summed E-state index contributed by atoms with van der Waals surface area (Å²) in [5.41, 5.74) is 5.27. The third kappa shape index (κ3) is 6.42. The molecule has 1 fully saturated rings. The summed E-state index contributed by atoms with van der Waals surface area (Å²) in [5, 5.41) is 32.4. The van der Waals surface area contributed by atoms with Gasteiger partial charge in [-0.25, -0.2) is 4.79 Å². The Balaban J connectivity index is 2.47. The number of amides is 2. The van der Waals surface area contributed by atoms with Crippen molar-refractivity contribution in [1.82, 2.24) is 10.0 Å². The minimum absolute atomic E-state index is 0.221. The Bertz CT molecular complexity index is 415. The van der Waals surface area contributed by atoms with E-state index in [0.29, 0.717) is 18.7 Å². The molecule has 0 radical (unpaired) electrons. The van der Waals surface area contributed by atoms with Crippen LogP contribution in [0.2, 0.25) is 0 Å². The number of ether oxygens (including phenoxy) is 2. The van der Waals surface area contributed by atoms with Crippen LogP contribution < -0.4 is 15.8 Å². The van der Waals surface area contributed by atoms with Crippen LogP contribution in [0.4, 0.5) is 4.79 Å². The lowest BCUT2D eigenvalue weighted by atomic mass is 9.97. The lowest BCUT2D eigenvalue weighted by Gasteiger charge is -2.40. The first-order chi connectivity index (χ1) is 11.4. The quantitative estimate of drug-likeness (QED) is 0.211. The first kappa shape index (κ1) is 20.9. The smallest absolute Gasteiger partial charge is 0.417 e. The average molecular weight is 367 g/mol. The molecule has 1 heterocycles. The number of rotatable bonds is 8. The number of nitrogens with two attached hydrogens (primary N) is 1. The van der Waals surface area contributed by atoms with Gasteiger partial charge < -0.3 is 35.8 Å². The molecular formula is C13H25N3O7S. The molecule has 0 aromatic rings. The summed E-state index contributed by atoms with van der Waals surface area (Å²) in [4.78, 5) is 23.0. The highest BCUT2D eigenvalue weighted by Gasteiger charge is 2.44. The molecule has 11 heteroatoms. The van der Waals surface area contributed by atoms with Crippen LogP contribution in [-0.2, 0) is 14.3 Å². The van der Waals surface area contributed by atoms with E-state index in [-0.39, 0.29) is 18.9 Å². The molecule has 0 spiro atoms. The largest absolute Gasteiger partial charge is 0.446 e. The molecule has 0 saturated carbocycles. The highest BCUT2D eigenvalue weighted by molar-refractivity contribution is 7.97. The summed E-state index contributed by atoms with van der Waals surface area (Å²) in [6, 6.07) is -1.16. The molecule has 1 unspecified atom stereocenters. The van der Waals surface area contributed by atoms with Gasteiger partial charge in [-0.3, -0.25) is 9.52 Å². The average Bonchev–Trinajstić information content (AvgIpc) is 2.54. The summed E-state index contributed by atoms with van der Waals surface area (Å²) in [6.45, 7) is 1.82. The van der Waals surface area contributed by atoms with Gasteiger partial charge in [-0.05, 0) is 18.4 Å². The molecule has 2 amide bonds. The predicted molar refractivity (Wildman–Crippen MR) is 85.7 cm³/mol. The zero-order valence-electron chi connectivity index (χ0n) is 13.4. The van der Waals surface area contributed by atoms with Crippen molar-refractivity contribution in [1.29, 1.82) is 0 Å². The molecule has 24 heavy (non-hydrogen) atoms. The third-order valence-electron chi connectivity index (χ3n) is 3.28. The van der Waals surface area contributed by atoms with Crippen LogP contribution in [0.15, 0.2) is 0 Å². The van der Waals surface area contributed by atoms with Crippen molar-refractivity contribution in [2.75, 3.05) is 18.9 Å². The predicted octanol–water partition coefficient (Wildman–Crippen LogP) is -1.96. The van der Waals surface area contributed by atoms with E-state index in [2.05, 4.69) is 10.0 Å². The van der Waals surface area contributed by atoms with Gasteiger partial charge in [0.15, 0.2) is 6.29 Å². The number of carbonyl (C=O) groups excluding carboxylic acids is 2. The maximum atomic E-state index is 11.6. The van der Waals surface area contributed by atoms with Crippen molar-refractivity contribution in [2.24, 2.45) is 5.73 Å². The second kappa shape index (κ2) is 10.7. The molecule has 7 N–H and O–H groups in total. The Morgan fingerprint density at radius 1 is 1.29 bits per heavy atom. The van der Waals surface area contributed by atoms with Gasteiger partial charge in [-0.2, -0.15) is 0 Å². The fourth-order valence-corrected chi connectivity index (χ4v) is 2.48. The van der Waals surface area contributed by atoms with E-state index in [1.54, 1.807) is 0 Å². The third-order valence-corrected chi connectivity index (χ3v) is 4.03. The summed E-state index contributed by atoms with van der Waals surface area (Å²) < 4.78 is 12.3. The normalized spacial score (nSPS) is 29.8. The molecule has 0 aromatic carbocycles. The number of aliphatic hydroxyl groups excluding tert-OH is 3. The van der Waals surface area contributed by atoms with Gasteiger partial charge in [0.1, 0.15) is 31.0 Å². The molecule has 5 atom stereocenters. The molecule has 0 bridgehead atoms. The number of carbonyl (C=O) groups is 2. The van der Waals surface area contributed by atoms with Gasteiger partial charge in [0.05, 0.1) is 0 Å². The molecule has 1 rings (SSSR count). The van der Waals surface area contributed by atoms with E-state index in [0.717, 1.165) is 11.9 Å². The molecular weight excluding hydrogens is 342 g/mol. The van der Waals surface area contributed by atoms with Crippen LogP contribution in [0.3, 0.4) is 0 Å². The maximum absolute atomic E-state index is 11.6. The number of nitrogens with one attached hydrogen (secondary N) is 2. The van der Waals surface area contributed by atoms with Gasteiger partial charge in [0.2, 0.25) is 5.91 Å². The van der Waals surface area contributed by atoms with Crippen molar-refractivity contribution in [3.8, 4) is 0 Å². The summed E-state index contributed by atoms with van der Waals surface area (Å²) in [6.07, 6.45) is -5.50. The van der Waals surface area contributed by atoms with E-state index < -0.39 is 36.7 Å². The van der Waals surface area contributed by atoms with Crippen molar-refractivity contribution >= 4 is 23.9 Å². The fourth-order valence-electron chi connectivity index (χ4n) is 2.08. The molecule has 0 aliphatic carbocycles. The number of hydrogen-bond acceptors (Lipinski definition) is 9. The Hall–Kier alpha value is -1.11. The van der Waals surface area contributed by atoms with E-state index in [4.69, 9.17) is 15.2 Å². The summed E-state index contributed by atoms with van der Waals surface area (Å²) >= 11 is 1.06. The number of aliphatic hydroxyl groups is 3. The SMILES string of the molecule is CCCC(=O)N[C@H]1C(O)O[C@H](COC(=O)NSCCN)[C@@H](O)[C@@H]1O. The minimum atomic E-state index is -1.53. The van der Waals surface area contributed by atoms with Crippen molar-refractivity contribution in [2.45, 2.75) is 50.4 Å². The molecule has 140 valence electrons. The molecule has 1 aliphatic rings. The molecule has 1 saturated heterocycles. The zero-order valence-corrected chi connectivity index (χ0v) is 14.2. The van der Waals surface area contributed by atoms with Gasteiger partial charge in [-0.15, -0.1) is 0 Å². The summed E-state index contributed by atoms with van der Waals surface area (Å²) in [5.74, 6) is 0.135. The Labute approximate surface area is 144 Å². The van der Waals surface area contributed by atoms with Crippen LogP contribution in [0.5, 0.6) is 0 Å². The number of hydrogen-bond donors (Lipinski definition) is 6. The second-order valence-corrected chi connectivity index (χ2v) is 6.13. The van der Waals surface area contributed by atoms with Crippen LogP contribution in [0, 0.1) is 0 Å². The molecule has 0 aromatic heterocycles. The molecule has 10 nitrogen and oxygen atoms in total. The maximum Gasteiger partial charge on any atom is 0.417 e. The van der Waals surface area contributed by atoms with E-state index in [9.17, 15) is 24.9 Å². The highest BCUT2D eigenvalue weighted by Crippen LogP contribution is 2.20. The Morgan fingerprint density at radius 3 is 2.62 bits per heavy atom. The Morgan fingerprint density at radius 2 is 2.00 bits per heavy atom. The van der Waals surface area contributed by atoms with E-state index in [1.165, 1.54) is 0 Å². The van der Waals surface area contributed by atoms with Crippen molar-refractivity contribution < 1.29 is 34.4 Å². The highest BCUT2D eigenvalue weighted by atomic mass is 32.2. The van der Waals surface area contributed by atoms with Crippen LogP contribution >= 0.6 is 11.9 Å². The molecule has 1 aliphatic heterocycles. The monoisotopic (exact) mass is 367 g/mol. The van der Waals surface area contributed by atoms with Gasteiger partial charge in [-0.1, -0.05) is 6.92 Å². The lowest BCUT2D eigenvalue weighted by Crippen LogP contribution is -2.64. The Kier molecular flexibility index (Phi) is 9.33. The first-order valence-electron chi connectivity index (χ1n) is 7.64. The lowest BCUT2D eigenvalue weighted by molar-refractivity contribution is -0.253. The van der Waals surface area contributed by atoms with Crippen LogP contribution in [0.25, 0.3) is 0 Å². The van der Waals surface area contributed by atoms with E-state index >= 15 is 0 Å². The van der Waals surface area contributed by atoms with Crippen LogP contribution in [-0.4, -0.2) is 76.9 Å².